The minimum atomic E-state index is 0.555. The van der Waals surface area contributed by atoms with Gasteiger partial charge in [0.2, 0.25) is 0 Å². The molecule has 5 heteroatoms. The summed E-state index contributed by atoms with van der Waals surface area (Å²) in [6.07, 6.45) is 2.42. The van der Waals surface area contributed by atoms with Gasteiger partial charge in [-0.2, -0.15) is 0 Å². The van der Waals surface area contributed by atoms with E-state index in [0.717, 1.165) is 37.8 Å². The van der Waals surface area contributed by atoms with Gasteiger partial charge in [-0.1, -0.05) is 11.6 Å². The molecule has 0 N–H and O–H groups in total. The molecule has 0 atom stereocenters. The van der Waals surface area contributed by atoms with E-state index in [1.807, 2.05) is 6.07 Å². The van der Waals surface area contributed by atoms with E-state index >= 15 is 0 Å². The molecule has 2 fully saturated rings. The second kappa shape index (κ2) is 4.42. The van der Waals surface area contributed by atoms with Gasteiger partial charge in [0, 0.05) is 38.2 Å². The Labute approximate surface area is 107 Å². The Bertz CT molecular complexity index is 411. The Morgan fingerprint density at radius 1 is 1.18 bits per heavy atom. The van der Waals surface area contributed by atoms with Gasteiger partial charge in [0.15, 0.2) is 0 Å². The third kappa shape index (κ3) is 2.53. The van der Waals surface area contributed by atoms with Crippen molar-refractivity contribution in [2.45, 2.75) is 18.8 Å². The summed E-state index contributed by atoms with van der Waals surface area (Å²) >= 11 is 6.08. The lowest BCUT2D eigenvalue weighted by Crippen LogP contribution is -2.44. The third-order valence-corrected chi connectivity index (χ3v) is 3.66. The zero-order valence-corrected chi connectivity index (χ0v) is 10.8. The van der Waals surface area contributed by atoms with Gasteiger partial charge in [0.1, 0.15) is 16.8 Å². The van der Waals surface area contributed by atoms with Crippen molar-refractivity contribution in [3.8, 4) is 0 Å². The van der Waals surface area contributed by atoms with Crippen LogP contribution in [-0.2, 0) is 0 Å². The smallest absolute Gasteiger partial charge is 0.135 e. The van der Waals surface area contributed by atoms with Crippen LogP contribution in [0.5, 0.6) is 0 Å². The van der Waals surface area contributed by atoms with Crippen LogP contribution < -0.4 is 4.90 Å². The maximum absolute atomic E-state index is 6.08. The number of nitrogens with zero attached hydrogens (tertiary/aromatic N) is 4. The molecule has 4 nitrogen and oxygen atoms in total. The summed E-state index contributed by atoms with van der Waals surface area (Å²) in [5, 5.41) is 0.579. The van der Waals surface area contributed by atoms with E-state index in [1.165, 1.54) is 12.8 Å². The average Bonchev–Trinajstić information content (AvgIpc) is 3.13. The maximum atomic E-state index is 6.08. The van der Waals surface area contributed by atoms with Gasteiger partial charge in [-0.15, -0.1) is 0 Å². The molecule has 1 aliphatic carbocycles. The second-order valence-electron chi connectivity index (χ2n) is 4.97. The van der Waals surface area contributed by atoms with Gasteiger partial charge in [-0.3, -0.25) is 0 Å². The summed E-state index contributed by atoms with van der Waals surface area (Å²) in [5.74, 6) is 2.49. The predicted octanol–water partition coefficient (Wildman–Crippen LogP) is 1.76. The summed E-state index contributed by atoms with van der Waals surface area (Å²) in [4.78, 5) is 13.6. The Hall–Kier alpha value is -0.870. The van der Waals surface area contributed by atoms with Crippen molar-refractivity contribution in [1.82, 2.24) is 14.9 Å². The van der Waals surface area contributed by atoms with E-state index in [2.05, 4.69) is 26.8 Å². The summed E-state index contributed by atoms with van der Waals surface area (Å²) in [5.41, 5.74) is 0. The van der Waals surface area contributed by atoms with Gasteiger partial charge >= 0.3 is 0 Å². The molecule has 2 aliphatic rings. The molecule has 0 unspecified atom stereocenters. The van der Waals surface area contributed by atoms with E-state index in [4.69, 9.17) is 11.6 Å². The highest BCUT2D eigenvalue weighted by molar-refractivity contribution is 6.29. The SMILES string of the molecule is CN1CCN(c2cc(Cl)nc(C3CC3)n2)CC1. The molecular formula is C12H17ClN4. The van der Waals surface area contributed by atoms with E-state index in [9.17, 15) is 0 Å². The standard InChI is InChI=1S/C12H17ClN4/c1-16-4-6-17(7-5-16)11-8-10(13)14-12(15-11)9-2-3-9/h8-9H,2-7H2,1H3. The zero-order valence-electron chi connectivity index (χ0n) is 10.1. The molecule has 2 heterocycles. The highest BCUT2D eigenvalue weighted by Gasteiger charge is 2.28. The molecule has 1 aromatic heterocycles. The summed E-state index contributed by atoms with van der Waals surface area (Å²) in [7, 11) is 2.15. The van der Waals surface area contributed by atoms with Crippen molar-refractivity contribution < 1.29 is 0 Å². The monoisotopic (exact) mass is 252 g/mol. The topological polar surface area (TPSA) is 32.3 Å². The summed E-state index contributed by atoms with van der Waals surface area (Å²) in [6.45, 7) is 4.21. The largest absolute Gasteiger partial charge is 0.354 e. The van der Waals surface area contributed by atoms with Gasteiger partial charge in [0.25, 0.3) is 0 Å². The van der Waals surface area contributed by atoms with Gasteiger partial charge < -0.3 is 9.80 Å². The minimum Gasteiger partial charge on any atom is -0.354 e. The van der Waals surface area contributed by atoms with Crippen molar-refractivity contribution in [3.05, 3.63) is 17.0 Å². The van der Waals surface area contributed by atoms with Crippen LogP contribution >= 0.6 is 11.6 Å². The normalized spacial score (nSPS) is 21.9. The van der Waals surface area contributed by atoms with Gasteiger partial charge in [-0.05, 0) is 19.9 Å². The first-order valence-electron chi connectivity index (χ1n) is 6.20. The lowest BCUT2D eigenvalue weighted by molar-refractivity contribution is 0.312. The van der Waals surface area contributed by atoms with Crippen molar-refractivity contribution in [1.29, 1.82) is 0 Å². The molecule has 1 aromatic rings. The highest BCUT2D eigenvalue weighted by atomic mass is 35.5. The van der Waals surface area contributed by atoms with Gasteiger partial charge in [0.05, 0.1) is 0 Å². The van der Waals surface area contributed by atoms with E-state index in [0.29, 0.717) is 11.1 Å². The van der Waals surface area contributed by atoms with Crippen molar-refractivity contribution in [2.24, 2.45) is 0 Å². The average molecular weight is 253 g/mol. The molecule has 0 bridgehead atoms. The van der Waals surface area contributed by atoms with Crippen LogP contribution in [0, 0.1) is 0 Å². The van der Waals surface area contributed by atoms with E-state index < -0.39 is 0 Å². The molecule has 1 aliphatic heterocycles. The van der Waals surface area contributed by atoms with Crippen LogP contribution in [0.3, 0.4) is 0 Å². The quantitative estimate of drug-likeness (QED) is 0.751. The molecule has 92 valence electrons. The number of halogens is 1. The van der Waals surface area contributed by atoms with Crippen molar-refractivity contribution in [2.75, 3.05) is 38.1 Å². The molecule has 0 radical (unpaired) electrons. The van der Waals surface area contributed by atoms with Crippen LogP contribution in [0.2, 0.25) is 5.15 Å². The molecule has 3 rings (SSSR count). The molecular weight excluding hydrogens is 236 g/mol. The number of hydrogen-bond acceptors (Lipinski definition) is 4. The number of aromatic nitrogens is 2. The number of likely N-dealkylation sites (N-methyl/N-ethyl adjacent to an activating group) is 1. The predicted molar refractivity (Wildman–Crippen MR) is 68.7 cm³/mol. The van der Waals surface area contributed by atoms with Crippen LogP contribution in [0.1, 0.15) is 24.6 Å². The fraction of sp³-hybridized carbons (Fsp3) is 0.667. The Kier molecular flexibility index (Phi) is 2.92. The first-order chi connectivity index (χ1) is 8.22. The number of anilines is 1. The van der Waals surface area contributed by atoms with Crippen LogP contribution in [0.4, 0.5) is 5.82 Å². The van der Waals surface area contributed by atoms with E-state index in [1.54, 1.807) is 0 Å². The number of hydrogen-bond donors (Lipinski definition) is 0. The third-order valence-electron chi connectivity index (χ3n) is 3.47. The maximum Gasteiger partial charge on any atom is 0.135 e. The number of piperazine rings is 1. The molecule has 0 spiro atoms. The van der Waals surface area contributed by atoms with E-state index in [-0.39, 0.29) is 0 Å². The Morgan fingerprint density at radius 3 is 2.53 bits per heavy atom. The zero-order chi connectivity index (χ0) is 11.8. The first kappa shape index (κ1) is 11.2. The molecule has 1 saturated carbocycles. The van der Waals surface area contributed by atoms with Crippen LogP contribution in [-0.4, -0.2) is 48.1 Å². The van der Waals surface area contributed by atoms with Gasteiger partial charge in [-0.25, -0.2) is 9.97 Å². The van der Waals surface area contributed by atoms with Crippen molar-refractivity contribution >= 4 is 17.4 Å². The Balaban J connectivity index is 1.81. The van der Waals surface area contributed by atoms with Crippen LogP contribution in [0.15, 0.2) is 6.07 Å². The highest BCUT2D eigenvalue weighted by Crippen LogP contribution is 2.39. The molecule has 17 heavy (non-hydrogen) atoms. The Morgan fingerprint density at radius 2 is 1.88 bits per heavy atom. The summed E-state index contributed by atoms with van der Waals surface area (Å²) in [6, 6.07) is 1.89. The lowest BCUT2D eigenvalue weighted by atomic mass is 10.3. The fourth-order valence-corrected chi connectivity index (χ4v) is 2.33. The minimum absolute atomic E-state index is 0.555. The number of rotatable bonds is 2. The lowest BCUT2D eigenvalue weighted by Gasteiger charge is -2.33. The van der Waals surface area contributed by atoms with Crippen molar-refractivity contribution in [3.63, 3.8) is 0 Å². The molecule has 1 saturated heterocycles. The summed E-state index contributed by atoms with van der Waals surface area (Å²) < 4.78 is 0. The van der Waals surface area contributed by atoms with Crippen LogP contribution in [0.25, 0.3) is 0 Å². The second-order valence-corrected chi connectivity index (χ2v) is 5.36. The molecule has 0 aromatic carbocycles. The molecule has 0 amide bonds. The fourth-order valence-electron chi connectivity index (χ4n) is 2.14. The first-order valence-corrected chi connectivity index (χ1v) is 6.58.